The molecule has 0 bridgehead atoms. The highest BCUT2D eigenvalue weighted by atomic mass is 16.1. The number of nitrogens with zero attached hydrogens (tertiary/aromatic N) is 3. The molecule has 0 aliphatic rings. The Morgan fingerprint density at radius 2 is 1.55 bits per heavy atom. The minimum atomic E-state index is -0.145. The number of pyridine rings is 1. The first-order valence-electron chi connectivity index (χ1n) is 10.1. The first-order chi connectivity index (χ1) is 14.2. The molecule has 3 rings (SSSR count). The van der Waals surface area contributed by atoms with Crippen molar-refractivity contribution in [3.63, 3.8) is 0 Å². The maximum absolute atomic E-state index is 12.8. The highest BCUT2D eigenvalue weighted by Crippen LogP contribution is 2.24. The Morgan fingerprint density at radius 1 is 0.862 bits per heavy atom. The third kappa shape index (κ3) is 4.93. The van der Waals surface area contributed by atoms with E-state index in [-0.39, 0.29) is 5.91 Å². The van der Waals surface area contributed by atoms with Crippen LogP contribution in [0.5, 0.6) is 0 Å². The number of benzene rings is 2. The van der Waals surface area contributed by atoms with Crippen LogP contribution < -0.4 is 15.1 Å². The third-order valence-corrected chi connectivity index (χ3v) is 4.92. The van der Waals surface area contributed by atoms with E-state index >= 15 is 0 Å². The average Bonchev–Trinajstić information content (AvgIpc) is 2.77. The van der Waals surface area contributed by atoms with Gasteiger partial charge in [0.25, 0.3) is 5.91 Å². The normalized spacial score (nSPS) is 10.4. The lowest BCUT2D eigenvalue weighted by atomic mass is 10.2. The highest BCUT2D eigenvalue weighted by molar-refractivity contribution is 6.04. The van der Waals surface area contributed by atoms with Gasteiger partial charge < -0.3 is 15.1 Å². The summed E-state index contributed by atoms with van der Waals surface area (Å²) in [6.45, 7) is 9.01. The molecule has 1 heterocycles. The van der Waals surface area contributed by atoms with E-state index in [0.29, 0.717) is 5.56 Å². The van der Waals surface area contributed by atoms with Crippen LogP contribution in [0.4, 0.5) is 22.9 Å². The summed E-state index contributed by atoms with van der Waals surface area (Å²) in [7, 11) is 0. The van der Waals surface area contributed by atoms with E-state index in [1.165, 1.54) is 0 Å². The van der Waals surface area contributed by atoms with Gasteiger partial charge in [0.2, 0.25) is 0 Å². The van der Waals surface area contributed by atoms with Gasteiger partial charge in [0.05, 0.1) is 0 Å². The number of nitrogens with one attached hydrogen (secondary N) is 1. The number of carbonyl (C=O) groups is 1. The molecule has 0 aliphatic heterocycles. The molecule has 0 unspecified atom stereocenters. The smallest absolute Gasteiger partial charge is 0.255 e. The maximum Gasteiger partial charge on any atom is 0.255 e. The number of aromatic nitrogens is 1. The van der Waals surface area contributed by atoms with Crippen molar-refractivity contribution in [2.24, 2.45) is 0 Å². The standard InChI is InChI=1S/C24H28N4O/c1-4-27(5-2)21-14-12-20(13-15-21)26-24(29)19-16-17-25-23(18-19)28(6-3)22-10-8-7-9-11-22/h7-18H,4-6H2,1-3H3,(H,26,29). The summed E-state index contributed by atoms with van der Waals surface area (Å²) in [5.74, 6) is 0.608. The van der Waals surface area contributed by atoms with Crippen molar-refractivity contribution >= 4 is 28.8 Å². The fraction of sp³-hybridized carbons (Fsp3) is 0.250. The average molecular weight is 389 g/mol. The highest BCUT2D eigenvalue weighted by Gasteiger charge is 2.13. The summed E-state index contributed by atoms with van der Waals surface area (Å²) in [4.78, 5) is 21.6. The second kappa shape index (κ2) is 9.73. The quantitative estimate of drug-likeness (QED) is 0.566. The molecule has 1 N–H and O–H groups in total. The molecule has 29 heavy (non-hydrogen) atoms. The molecule has 5 nitrogen and oxygen atoms in total. The third-order valence-electron chi connectivity index (χ3n) is 4.92. The second-order valence-corrected chi connectivity index (χ2v) is 6.66. The summed E-state index contributed by atoms with van der Waals surface area (Å²) in [5, 5.41) is 2.98. The summed E-state index contributed by atoms with van der Waals surface area (Å²) in [6, 6.07) is 21.6. The van der Waals surface area contributed by atoms with Crippen LogP contribution in [0.3, 0.4) is 0 Å². The molecule has 0 atom stereocenters. The molecular weight excluding hydrogens is 360 g/mol. The van der Waals surface area contributed by atoms with Crippen LogP contribution in [0, 0.1) is 0 Å². The van der Waals surface area contributed by atoms with Crippen LogP contribution in [0.2, 0.25) is 0 Å². The lowest BCUT2D eigenvalue weighted by molar-refractivity contribution is 0.102. The van der Waals surface area contributed by atoms with Crippen LogP contribution in [0.1, 0.15) is 31.1 Å². The van der Waals surface area contributed by atoms with Gasteiger partial charge >= 0.3 is 0 Å². The molecule has 150 valence electrons. The van der Waals surface area contributed by atoms with E-state index < -0.39 is 0 Å². The minimum Gasteiger partial charge on any atom is -0.372 e. The van der Waals surface area contributed by atoms with Crippen LogP contribution in [0.15, 0.2) is 72.9 Å². The molecule has 0 saturated heterocycles. The first-order valence-corrected chi connectivity index (χ1v) is 10.1. The Bertz CT molecular complexity index is 921. The van der Waals surface area contributed by atoms with Gasteiger partial charge in [0.1, 0.15) is 5.82 Å². The van der Waals surface area contributed by atoms with Gasteiger partial charge in [-0.3, -0.25) is 4.79 Å². The SMILES string of the molecule is CCN(CC)c1ccc(NC(=O)c2ccnc(N(CC)c3ccccc3)c2)cc1. The van der Waals surface area contributed by atoms with Crippen molar-refractivity contribution in [1.29, 1.82) is 0 Å². The Balaban J connectivity index is 1.76. The zero-order chi connectivity index (χ0) is 20.6. The minimum absolute atomic E-state index is 0.145. The Hall–Kier alpha value is -3.34. The topological polar surface area (TPSA) is 48.5 Å². The number of rotatable bonds is 8. The van der Waals surface area contributed by atoms with Gasteiger partial charge in [-0.25, -0.2) is 4.98 Å². The molecule has 1 amide bonds. The van der Waals surface area contributed by atoms with Gasteiger partial charge in [-0.2, -0.15) is 0 Å². The number of amides is 1. The summed E-state index contributed by atoms with van der Waals surface area (Å²) in [5.41, 5.74) is 3.56. The van der Waals surface area contributed by atoms with Crippen molar-refractivity contribution in [2.45, 2.75) is 20.8 Å². The maximum atomic E-state index is 12.8. The molecule has 0 spiro atoms. The van der Waals surface area contributed by atoms with E-state index in [9.17, 15) is 4.79 Å². The van der Waals surface area contributed by atoms with Gasteiger partial charge in [-0.1, -0.05) is 18.2 Å². The number of anilines is 4. The molecule has 3 aromatic rings. The van der Waals surface area contributed by atoms with Gasteiger partial charge in [0.15, 0.2) is 0 Å². The van der Waals surface area contributed by atoms with E-state index in [1.54, 1.807) is 12.3 Å². The monoisotopic (exact) mass is 388 g/mol. The zero-order valence-electron chi connectivity index (χ0n) is 17.3. The Morgan fingerprint density at radius 3 is 2.17 bits per heavy atom. The van der Waals surface area contributed by atoms with Gasteiger partial charge in [-0.05, 0) is 69.3 Å². The van der Waals surface area contributed by atoms with Crippen LogP contribution in [-0.4, -0.2) is 30.5 Å². The fourth-order valence-corrected chi connectivity index (χ4v) is 3.34. The fourth-order valence-electron chi connectivity index (χ4n) is 3.34. The molecule has 0 fully saturated rings. The summed E-state index contributed by atoms with van der Waals surface area (Å²) in [6.07, 6.45) is 1.68. The first kappa shape index (κ1) is 20.4. The number of hydrogen-bond acceptors (Lipinski definition) is 4. The van der Waals surface area contributed by atoms with Gasteiger partial charge in [-0.15, -0.1) is 0 Å². The molecular formula is C24H28N4O. The van der Waals surface area contributed by atoms with Crippen LogP contribution in [0.25, 0.3) is 0 Å². The predicted molar refractivity (Wildman–Crippen MR) is 121 cm³/mol. The van der Waals surface area contributed by atoms with Crippen molar-refractivity contribution in [3.8, 4) is 0 Å². The van der Waals surface area contributed by atoms with E-state index in [1.807, 2.05) is 60.7 Å². The Kier molecular flexibility index (Phi) is 6.85. The molecule has 5 heteroatoms. The van der Waals surface area contributed by atoms with Crippen molar-refractivity contribution in [1.82, 2.24) is 4.98 Å². The van der Waals surface area contributed by atoms with Crippen LogP contribution in [-0.2, 0) is 0 Å². The van der Waals surface area contributed by atoms with Crippen molar-refractivity contribution < 1.29 is 4.79 Å². The molecule has 0 saturated carbocycles. The predicted octanol–water partition coefficient (Wildman–Crippen LogP) is 5.34. The Labute approximate surface area is 173 Å². The van der Waals surface area contributed by atoms with Crippen LogP contribution >= 0.6 is 0 Å². The lowest BCUT2D eigenvalue weighted by Gasteiger charge is -2.22. The van der Waals surface area contributed by atoms with E-state index in [4.69, 9.17) is 0 Å². The van der Waals surface area contributed by atoms with E-state index in [0.717, 1.165) is 42.5 Å². The zero-order valence-corrected chi connectivity index (χ0v) is 17.3. The molecule has 2 aromatic carbocycles. The van der Waals surface area contributed by atoms with E-state index in [2.05, 4.69) is 40.9 Å². The summed E-state index contributed by atoms with van der Waals surface area (Å²) >= 11 is 0. The molecule has 1 aromatic heterocycles. The second-order valence-electron chi connectivity index (χ2n) is 6.66. The number of carbonyl (C=O) groups excluding carboxylic acids is 1. The molecule has 0 aliphatic carbocycles. The van der Waals surface area contributed by atoms with Crippen molar-refractivity contribution in [2.75, 3.05) is 34.8 Å². The van der Waals surface area contributed by atoms with Crippen molar-refractivity contribution in [3.05, 3.63) is 78.5 Å². The largest absolute Gasteiger partial charge is 0.372 e. The number of hydrogen-bond donors (Lipinski definition) is 1. The van der Waals surface area contributed by atoms with Gasteiger partial charge in [0, 0.05) is 48.5 Å². The lowest BCUT2D eigenvalue weighted by Crippen LogP contribution is -2.21. The molecule has 0 radical (unpaired) electrons. The number of para-hydroxylation sites is 1. The summed E-state index contributed by atoms with van der Waals surface area (Å²) < 4.78 is 0.